The fraction of sp³-hybridized carbons (Fsp3) is 0.652. The maximum Gasteiger partial charge on any atom is 0.307 e. The molecule has 1 aromatic rings. The Bertz CT molecular complexity index is 698. The molecule has 0 spiro atoms. The van der Waals surface area contributed by atoms with Crippen molar-refractivity contribution in [3.63, 3.8) is 0 Å². The van der Waals surface area contributed by atoms with Crippen molar-refractivity contribution >= 4 is 11.8 Å². The highest BCUT2D eigenvalue weighted by molar-refractivity contribution is 6.00. The van der Waals surface area contributed by atoms with Crippen molar-refractivity contribution < 1.29 is 14.3 Å². The molecule has 1 atom stereocenters. The maximum atomic E-state index is 12.6. The second kappa shape index (κ2) is 6.51. The normalized spacial score (nSPS) is 33.1. The Kier molecular flexibility index (Phi) is 4.45. The van der Waals surface area contributed by atoms with Gasteiger partial charge in [-0.3, -0.25) is 9.59 Å². The summed E-state index contributed by atoms with van der Waals surface area (Å²) in [6.45, 7) is 5.73. The lowest BCUT2D eigenvalue weighted by Crippen LogP contribution is -2.47. The Morgan fingerprint density at radius 3 is 2.15 bits per heavy atom. The van der Waals surface area contributed by atoms with Crippen LogP contribution in [0.4, 0.5) is 0 Å². The number of rotatable bonds is 5. The molecule has 0 aliphatic heterocycles. The minimum atomic E-state index is -0.710. The number of esters is 1. The van der Waals surface area contributed by atoms with E-state index in [9.17, 15) is 9.59 Å². The summed E-state index contributed by atoms with van der Waals surface area (Å²) in [5.74, 6) is 2.18. The molecule has 5 rings (SSSR count). The van der Waals surface area contributed by atoms with Gasteiger partial charge < -0.3 is 4.74 Å². The molecule has 4 aliphatic rings. The van der Waals surface area contributed by atoms with Gasteiger partial charge in [-0.25, -0.2) is 0 Å². The van der Waals surface area contributed by atoms with Crippen molar-refractivity contribution in [2.75, 3.05) is 0 Å². The summed E-state index contributed by atoms with van der Waals surface area (Å²) in [6, 6.07) is 5.67. The van der Waals surface area contributed by atoms with Crippen LogP contribution in [-0.4, -0.2) is 17.9 Å². The van der Waals surface area contributed by atoms with Crippen molar-refractivity contribution in [3.8, 4) is 0 Å². The van der Waals surface area contributed by atoms with Gasteiger partial charge in [0.2, 0.25) is 5.78 Å². The van der Waals surface area contributed by atoms with E-state index in [1.807, 2.05) is 32.0 Å². The summed E-state index contributed by atoms with van der Waals surface area (Å²) in [4.78, 5) is 25.3. The van der Waals surface area contributed by atoms with Crippen LogP contribution in [0.5, 0.6) is 0 Å². The molecule has 3 nitrogen and oxygen atoms in total. The molecule has 4 saturated carbocycles. The van der Waals surface area contributed by atoms with E-state index >= 15 is 0 Å². The Morgan fingerprint density at radius 1 is 1.04 bits per heavy atom. The van der Waals surface area contributed by atoms with Gasteiger partial charge in [-0.15, -0.1) is 0 Å². The monoisotopic (exact) mass is 354 g/mol. The SMILES string of the molecule is Cc1ccc(C(=O)[C@H](C)OC(=O)CC23CC4CC(CC(C4)C2)C3)cc1C. The van der Waals surface area contributed by atoms with Gasteiger partial charge in [0, 0.05) is 5.56 Å². The fourth-order valence-electron chi connectivity index (χ4n) is 6.23. The van der Waals surface area contributed by atoms with E-state index in [4.69, 9.17) is 4.74 Å². The Hall–Kier alpha value is -1.64. The van der Waals surface area contributed by atoms with Crippen molar-refractivity contribution in [2.45, 2.75) is 71.8 Å². The van der Waals surface area contributed by atoms with E-state index in [-0.39, 0.29) is 17.2 Å². The summed E-state index contributed by atoms with van der Waals surface area (Å²) in [5, 5.41) is 0. The number of hydrogen-bond donors (Lipinski definition) is 0. The van der Waals surface area contributed by atoms with Crippen LogP contribution in [0.1, 0.15) is 73.4 Å². The van der Waals surface area contributed by atoms with E-state index in [1.54, 1.807) is 6.92 Å². The summed E-state index contributed by atoms with van der Waals surface area (Å²) in [5.41, 5.74) is 3.04. The first-order valence-electron chi connectivity index (χ1n) is 10.1. The van der Waals surface area contributed by atoms with Gasteiger partial charge in [0.15, 0.2) is 6.10 Å². The molecule has 4 bridgehead atoms. The number of carbonyl (C=O) groups is 2. The molecule has 26 heavy (non-hydrogen) atoms. The summed E-state index contributed by atoms with van der Waals surface area (Å²) >= 11 is 0. The molecule has 3 heteroatoms. The van der Waals surface area contributed by atoms with Crippen LogP contribution >= 0.6 is 0 Å². The van der Waals surface area contributed by atoms with Crippen LogP contribution in [0.3, 0.4) is 0 Å². The van der Waals surface area contributed by atoms with Gasteiger partial charge in [0.25, 0.3) is 0 Å². The summed E-state index contributed by atoms with van der Waals surface area (Å²) in [6.07, 6.45) is 7.47. The number of Topliss-reactive ketones (excluding diaryl/α,β-unsaturated/α-hetero) is 1. The molecule has 0 aromatic heterocycles. The molecule has 4 aliphatic carbocycles. The van der Waals surface area contributed by atoms with Crippen LogP contribution in [0.15, 0.2) is 18.2 Å². The third-order valence-corrected chi connectivity index (χ3v) is 7.15. The molecule has 4 fully saturated rings. The quantitative estimate of drug-likeness (QED) is 0.550. The van der Waals surface area contributed by atoms with E-state index < -0.39 is 6.10 Å². The van der Waals surface area contributed by atoms with E-state index in [2.05, 4.69) is 0 Å². The van der Waals surface area contributed by atoms with Crippen LogP contribution in [-0.2, 0) is 9.53 Å². The first kappa shape index (κ1) is 17.8. The third-order valence-electron chi connectivity index (χ3n) is 7.15. The Labute approximate surface area is 156 Å². The first-order chi connectivity index (χ1) is 12.3. The Balaban J connectivity index is 1.38. The van der Waals surface area contributed by atoms with Crippen LogP contribution in [0.25, 0.3) is 0 Å². The van der Waals surface area contributed by atoms with Gasteiger partial charge >= 0.3 is 5.97 Å². The summed E-state index contributed by atoms with van der Waals surface area (Å²) in [7, 11) is 0. The van der Waals surface area contributed by atoms with Crippen molar-refractivity contribution in [3.05, 3.63) is 34.9 Å². The lowest BCUT2D eigenvalue weighted by atomic mass is 9.49. The predicted octanol–water partition coefficient (Wildman–Crippen LogP) is 5.02. The van der Waals surface area contributed by atoms with Gasteiger partial charge in [-0.1, -0.05) is 12.1 Å². The number of carbonyl (C=O) groups excluding carboxylic acids is 2. The van der Waals surface area contributed by atoms with Gasteiger partial charge in [0.1, 0.15) is 0 Å². The van der Waals surface area contributed by atoms with Crippen molar-refractivity contribution in [1.29, 1.82) is 0 Å². The predicted molar refractivity (Wildman–Crippen MR) is 101 cm³/mol. The molecular formula is C23H30O3. The molecule has 0 N–H and O–H groups in total. The summed E-state index contributed by atoms with van der Waals surface area (Å²) < 4.78 is 5.59. The smallest absolute Gasteiger partial charge is 0.307 e. The van der Waals surface area contributed by atoms with Crippen LogP contribution < -0.4 is 0 Å². The van der Waals surface area contributed by atoms with E-state index in [0.29, 0.717) is 12.0 Å². The van der Waals surface area contributed by atoms with Crippen molar-refractivity contribution in [1.82, 2.24) is 0 Å². The lowest BCUT2D eigenvalue weighted by Gasteiger charge is -2.56. The maximum absolute atomic E-state index is 12.6. The number of hydrogen-bond acceptors (Lipinski definition) is 3. The molecule has 0 saturated heterocycles. The zero-order chi connectivity index (χ0) is 18.5. The number of ketones is 1. The number of ether oxygens (including phenoxy) is 1. The second-order valence-electron chi connectivity index (χ2n) is 9.39. The zero-order valence-corrected chi connectivity index (χ0v) is 16.2. The number of benzene rings is 1. The van der Waals surface area contributed by atoms with Gasteiger partial charge in [0.05, 0.1) is 6.42 Å². The lowest BCUT2D eigenvalue weighted by molar-refractivity contribution is -0.154. The minimum Gasteiger partial charge on any atom is -0.454 e. The Morgan fingerprint density at radius 2 is 1.62 bits per heavy atom. The fourth-order valence-corrected chi connectivity index (χ4v) is 6.23. The number of aryl methyl sites for hydroxylation is 2. The van der Waals surface area contributed by atoms with E-state index in [1.165, 1.54) is 38.5 Å². The molecular weight excluding hydrogens is 324 g/mol. The second-order valence-corrected chi connectivity index (χ2v) is 9.39. The first-order valence-corrected chi connectivity index (χ1v) is 10.1. The molecule has 0 heterocycles. The standard InChI is InChI=1S/C23H30O3/c1-14-4-5-20(6-15(14)2)22(25)16(3)26-21(24)13-23-10-17-7-18(11-23)9-19(8-17)12-23/h4-6,16-19H,7-13H2,1-3H3/t16-,17?,18?,19?,23?/m0/s1. The highest BCUT2D eigenvalue weighted by Crippen LogP contribution is 2.61. The minimum absolute atomic E-state index is 0.105. The molecule has 0 amide bonds. The highest BCUT2D eigenvalue weighted by Gasteiger charge is 2.51. The average Bonchev–Trinajstić information content (AvgIpc) is 2.54. The van der Waals surface area contributed by atoms with Crippen LogP contribution in [0.2, 0.25) is 0 Å². The van der Waals surface area contributed by atoms with Crippen LogP contribution in [0, 0.1) is 37.0 Å². The topological polar surface area (TPSA) is 43.4 Å². The molecule has 140 valence electrons. The van der Waals surface area contributed by atoms with Gasteiger partial charge in [-0.05, 0) is 99.7 Å². The van der Waals surface area contributed by atoms with Crippen molar-refractivity contribution in [2.24, 2.45) is 23.2 Å². The molecule has 0 radical (unpaired) electrons. The molecule has 0 unspecified atom stereocenters. The zero-order valence-electron chi connectivity index (χ0n) is 16.2. The van der Waals surface area contributed by atoms with Gasteiger partial charge in [-0.2, -0.15) is 0 Å². The molecule has 1 aromatic carbocycles. The third kappa shape index (κ3) is 3.33. The highest BCUT2D eigenvalue weighted by atomic mass is 16.5. The average molecular weight is 354 g/mol. The largest absolute Gasteiger partial charge is 0.454 e. The van der Waals surface area contributed by atoms with E-state index in [0.717, 1.165) is 28.9 Å².